The number of benzene rings is 3. The van der Waals surface area contributed by atoms with Crippen LogP contribution < -0.4 is 15.9 Å². The van der Waals surface area contributed by atoms with E-state index in [9.17, 15) is 4.79 Å². The third-order valence-corrected chi connectivity index (χ3v) is 6.96. The molecule has 142 valence electrons. The fourth-order valence-electron chi connectivity index (χ4n) is 3.10. The van der Waals surface area contributed by atoms with Gasteiger partial charge in [0.1, 0.15) is 6.10 Å². The molecule has 0 saturated heterocycles. The van der Waals surface area contributed by atoms with Crippen LogP contribution in [0.25, 0.3) is 0 Å². The van der Waals surface area contributed by atoms with E-state index in [4.69, 9.17) is 4.74 Å². The molecule has 0 unspecified atom stereocenters. The molecule has 0 heterocycles. The summed E-state index contributed by atoms with van der Waals surface area (Å²) < 4.78 is 5.77. The average molecular weight is 388 g/mol. The van der Waals surface area contributed by atoms with Gasteiger partial charge in [0.25, 0.3) is 0 Å². The third-order valence-electron chi connectivity index (χ3n) is 4.46. The number of carbonyl (C=O) groups is 1. The van der Waals surface area contributed by atoms with Crippen LogP contribution in [0, 0.1) is 0 Å². The number of rotatable bonds is 7. The highest BCUT2D eigenvalue weighted by atomic mass is 31.1. The predicted octanol–water partition coefficient (Wildman–Crippen LogP) is 4.96. The Kier molecular flexibility index (Phi) is 7.17. The second-order valence-corrected chi connectivity index (χ2v) is 8.59. The van der Waals surface area contributed by atoms with Crippen molar-refractivity contribution >= 4 is 29.8 Å². The van der Waals surface area contributed by atoms with Gasteiger partial charge in [0, 0.05) is 0 Å². The lowest BCUT2D eigenvalue weighted by atomic mass is 10.2. The minimum Gasteiger partial charge on any atom is -0.455 e. The molecular formula is C25H25O2P. The van der Waals surface area contributed by atoms with Gasteiger partial charge in [-0.05, 0) is 49.3 Å². The van der Waals surface area contributed by atoms with Gasteiger partial charge in [-0.3, -0.25) is 0 Å². The first-order valence-corrected chi connectivity index (χ1v) is 10.9. The van der Waals surface area contributed by atoms with Gasteiger partial charge >= 0.3 is 5.97 Å². The number of hydrogen-bond donors (Lipinski definition) is 0. The SMILES string of the molecule is C/C=C/[C@H](CC)OC(=O)c1ccccc1P(c1ccccc1)c1ccccc1. The Balaban J connectivity index is 2.06. The molecule has 0 saturated carbocycles. The molecule has 3 heteroatoms. The predicted molar refractivity (Wildman–Crippen MR) is 119 cm³/mol. The van der Waals surface area contributed by atoms with Crippen LogP contribution in [0.15, 0.2) is 97.1 Å². The Morgan fingerprint density at radius 2 is 1.43 bits per heavy atom. The fourth-order valence-corrected chi connectivity index (χ4v) is 5.53. The summed E-state index contributed by atoms with van der Waals surface area (Å²) in [5, 5.41) is 3.45. The van der Waals surface area contributed by atoms with E-state index in [0.29, 0.717) is 5.56 Å². The van der Waals surface area contributed by atoms with Gasteiger partial charge in [-0.15, -0.1) is 0 Å². The summed E-state index contributed by atoms with van der Waals surface area (Å²) in [6, 6.07) is 28.6. The zero-order valence-electron chi connectivity index (χ0n) is 16.3. The maximum atomic E-state index is 13.0. The van der Waals surface area contributed by atoms with Crippen molar-refractivity contribution in [1.29, 1.82) is 0 Å². The Hall–Kier alpha value is -2.70. The first kappa shape index (κ1) is 20.0. The molecule has 0 aliphatic heterocycles. The van der Waals surface area contributed by atoms with E-state index >= 15 is 0 Å². The van der Waals surface area contributed by atoms with Crippen LogP contribution in [0.2, 0.25) is 0 Å². The molecule has 1 atom stereocenters. The zero-order valence-corrected chi connectivity index (χ0v) is 17.2. The monoisotopic (exact) mass is 388 g/mol. The largest absolute Gasteiger partial charge is 0.455 e. The van der Waals surface area contributed by atoms with Gasteiger partial charge in [0.2, 0.25) is 0 Å². The van der Waals surface area contributed by atoms with Gasteiger partial charge in [-0.25, -0.2) is 4.79 Å². The molecule has 0 N–H and O–H groups in total. The lowest BCUT2D eigenvalue weighted by Crippen LogP contribution is -2.27. The summed E-state index contributed by atoms with van der Waals surface area (Å²) in [5.41, 5.74) is 0.643. The third kappa shape index (κ3) is 4.77. The van der Waals surface area contributed by atoms with Crippen molar-refractivity contribution in [2.24, 2.45) is 0 Å². The minimum absolute atomic E-state index is 0.203. The van der Waals surface area contributed by atoms with Crippen molar-refractivity contribution in [3.63, 3.8) is 0 Å². The van der Waals surface area contributed by atoms with Gasteiger partial charge < -0.3 is 4.74 Å². The molecule has 0 spiro atoms. The smallest absolute Gasteiger partial charge is 0.339 e. The van der Waals surface area contributed by atoms with Crippen LogP contribution in [-0.4, -0.2) is 12.1 Å². The normalized spacial score (nSPS) is 12.2. The van der Waals surface area contributed by atoms with Crippen LogP contribution in [0.4, 0.5) is 0 Å². The fraction of sp³-hybridized carbons (Fsp3) is 0.160. The molecule has 0 radical (unpaired) electrons. The minimum atomic E-state index is -0.855. The highest BCUT2D eigenvalue weighted by molar-refractivity contribution is 7.80. The second kappa shape index (κ2) is 10.0. The van der Waals surface area contributed by atoms with Gasteiger partial charge in [0.15, 0.2) is 0 Å². The van der Waals surface area contributed by atoms with E-state index in [0.717, 1.165) is 11.7 Å². The van der Waals surface area contributed by atoms with Crippen molar-refractivity contribution in [2.75, 3.05) is 0 Å². The molecule has 3 aromatic carbocycles. The van der Waals surface area contributed by atoms with Crippen LogP contribution in [0.5, 0.6) is 0 Å². The first-order chi connectivity index (χ1) is 13.7. The summed E-state index contributed by atoms with van der Waals surface area (Å²) in [4.78, 5) is 13.0. The summed E-state index contributed by atoms with van der Waals surface area (Å²) in [6.07, 6.45) is 4.40. The van der Waals surface area contributed by atoms with Crippen LogP contribution in [-0.2, 0) is 4.74 Å². The maximum Gasteiger partial charge on any atom is 0.339 e. The Morgan fingerprint density at radius 1 is 0.893 bits per heavy atom. The lowest BCUT2D eigenvalue weighted by Gasteiger charge is -2.22. The molecule has 3 aromatic rings. The molecule has 3 rings (SSSR count). The summed E-state index contributed by atoms with van der Waals surface area (Å²) in [7, 11) is -0.855. The number of carbonyl (C=O) groups excluding carboxylic acids is 1. The van der Waals surface area contributed by atoms with E-state index in [1.165, 1.54) is 10.6 Å². The van der Waals surface area contributed by atoms with E-state index in [-0.39, 0.29) is 12.1 Å². The van der Waals surface area contributed by atoms with E-state index in [1.807, 2.05) is 80.6 Å². The summed E-state index contributed by atoms with van der Waals surface area (Å²) >= 11 is 0. The maximum absolute atomic E-state index is 13.0. The van der Waals surface area contributed by atoms with Crippen molar-refractivity contribution in [1.82, 2.24) is 0 Å². The molecule has 0 aromatic heterocycles. The summed E-state index contributed by atoms with van der Waals surface area (Å²) in [5.74, 6) is -0.264. The zero-order chi connectivity index (χ0) is 19.8. The molecule has 0 amide bonds. The van der Waals surface area contributed by atoms with Crippen molar-refractivity contribution in [3.8, 4) is 0 Å². The topological polar surface area (TPSA) is 26.3 Å². The quantitative estimate of drug-likeness (QED) is 0.325. The van der Waals surface area contributed by atoms with Gasteiger partial charge in [0.05, 0.1) is 5.56 Å². The molecular weight excluding hydrogens is 363 g/mol. The average Bonchev–Trinajstić information content (AvgIpc) is 2.75. The van der Waals surface area contributed by atoms with Crippen molar-refractivity contribution in [3.05, 3.63) is 103 Å². The van der Waals surface area contributed by atoms with Crippen molar-refractivity contribution in [2.45, 2.75) is 26.4 Å². The standard InChI is InChI=1S/C25H25O2P/c1-3-13-20(4-2)27-25(26)23-18-11-12-19-24(23)28(21-14-7-5-8-15-21)22-16-9-6-10-17-22/h3,5-20H,4H2,1-2H3/b13-3+/t20-/m0/s1. The van der Waals surface area contributed by atoms with Crippen LogP contribution in [0.1, 0.15) is 30.6 Å². The van der Waals surface area contributed by atoms with Crippen molar-refractivity contribution < 1.29 is 9.53 Å². The number of esters is 1. The Labute approximate surface area is 168 Å². The molecule has 28 heavy (non-hydrogen) atoms. The van der Waals surface area contributed by atoms with E-state index in [2.05, 4.69) is 30.3 Å². The molecule has 0 bridgehead atoms. The highest BCUT2D eigenvalue weighted by Crippen LogP contribution is 2.34. The first-order valence-electron chi connectivity index (χ1n) is 9.57. The molecule has 0 aliphatic rings. The van der Waals surface area contributed by atoms with Gasteiger partial charge in [-0.2, -0.15) is 0 Å². The van der Waals surface area contributed by atoms with Gasteiger partial charge in [-0.1, -0.05) is 91.9 Å². The Morgan fingerprint density at radius 3 is 1.96 bits per heavy atom. The van der Waals surface area contributed by atoms with E-state index in [1.54, 1.807) is 0 Å². The molecule has 0 fully saturated rings. The van der Waals surface area contributed by atoms with Crippen LogP contribution >= 0.6 is 7.92 Å². The highest BCUT2D eigenvalue weighted by Gasteiger charge is 2.23. The number of allylic oxidation sites excluding steroid dienone is 1. The van der Waals surface area contributed by atoms with Crippen LogP contribution in [0.3, 0.4) is 0 Å². The summed E-state index contributed by atoms with van der Waals surface area (Å²) in [6.45, 7) is 3.96. The number of ether oxygens (including phenoxy) is 1. The molecule has 0 aliphatic carbocycles. The molecule has 2 nitrogen and oxygen atoms in total. The lowest BCUT2D eigenvalue weighted by molar-refractivity contribution is 0.0390. The second-order valence-electron chi connectivity index (χ2n) is 6.40. The Bertz CT molecular complexity index is 880. The number of hydrogen-bond acceptors (Lipinski definition) is 2. The van der Waals surface area contributed by atoms with E-state index < -0.39 is 7.92 Å².